The number of hydrogen-bond acceptors (Lipinski definition) is 2. The maximum Gasteiger partial charge on any atom is 0.126 e. The van der Waals surface area contributed by atoms with Gasteiger partial charge >= 0.3 is 0 Å². The Balaban J connectivity index is 2.08. The van der Waals surface area contributed by atoms with Crippen molar-refractivity contribution in [2.24, 2.45) is 5.92 Å². The Hall–Kier alpha value is -0.930. The quantitative estimate of drug-likeness (QED) is 0.839. The van der Waals surface area contributed by atoms with Gasteiger partial charge in [0, 0.05) is 6.04 Å². The minimum atomic E-state index is -0.119. The number of halogens is 1. The first-order valence-electron chi connectivity index (χ1n) is 6.34. The van der Waals surface area contributed by atoms with Crippen LogP contribution in [0.25, 0.3) is 0 Å². The predicted molar refractivity (Wildman–Crippen MR) is 68.5 cm³/mol. The van der Waals surface area contributed by atoms with E-state index in [0.29, 0.717) is 6.04 Å². The van der Waals surface area contributed by atoms with Crippen molar-refractivity contribution in [2.75, 3.05) is 20.1 Å². The highest BCUT2D eigenvalue weighted by molar-refractivity contribution is 5.26. The number of nitrogens with one attached hydrogen (secondary N) is 2. The smallest absolute Gasteiger partial charge is 0.126 e. The third-order valence-electron chi connectivity index (χ3n) is 3.66. The van der Waals surface area contributed by atoms with Gasteiger partial charge in [-0.25, -0.2) is 4.39 Å². The summed E-state index contributed by atoms with van der Waals surface area (Å²) in [5, 5.41) is 6.73. The Morgan fingerprint density at radius 2 is 2.35 bits per heavy atom. The van der Waals surface area contributed by atoms with Gasteiger partial charge in [0.15, 0.2) is 0 Å². The topological polar surface area (TPSA) is 24.1 Å². The van der Waals surface area contributed by atoms with Crippen LogP contribution >= 0.6 is 0 Å². The molecule has 1 saturated heterocycles. The van der Waals surface area contributed by atoms with E-state index in [-0.39, 0.29) is 5.82 Å². The molecule has 1 aliphatic heterocycles. The van der Waals surface area contributed by atoms with Gasteiger partial charge in [-0.2, -0.15) is 0 Å². The number of hydrogen-bond donors (Lipinski definition) is 2. The molecule has 2 unspecified atom stereocenters. The first kappa shape index (κ1) is 12.5. The van der Waals surface area contributed by atoms with Gasteiger partial charge in [0.25, 0.3) is 0 Å². The normalized spacial score (nSPS) is 21.7. The van der Waals surface area contributed by atoms with Gasteiger partial charge in [0.2, 0.25) is 0 Å². The lowest BCUT2D eigenvalue weighted by Gasteiger charge is -2.20. The summed E-state index contributed by atoms with van der Waals surface area (Å²) in [4.78, 5) is 0. The molecule has 2 rings (SSSR count). The molecule has 2 nitrogen and oxygen atoms in total. The van der Waals surface area contributed by atoms with Crippen LogP contribution in [-0.4, -0.2) is 20.1 Å². The lowest BCUT2D eigenvalue weighted by Crippen LogP contribution is -2.21. The van der Waals surface area contributed by atoms with Crippen molar-refractivity contribution in [1.82, 2.24) is 10.6 Å². The molecule has 2 atom stereocenters. The maximum absolute atomic E-state index is 13.2. The fourth-order valence-electron chi connectivity index (χ4n) is 2.55. The summed E-state index contributed by atoms with van der Waals surface area (Å²) < 4.78 is 13.2. The molecule has 0 saturated carbocycles. The molecular weight excluding hydrogens is 215 g/mol. The minimum absolute atomic E-state index is 0.119. The van der Waals surface area contributed by atoms with Crippen molar-refractivity contribution in [3.05, 3.63) is 35.1 Å². The van der Waals surface area contributed by atoms with Crippen LogP contribution in [-0.2, 0) is 0 Å². The molecule has 3 heteroatoms. The van der Waals surface area contributed by atoms with Crippen LogP contribution in [0.3, 0.4) is 0 Å². The Bertz CT molecular complexity index is 372. The summed E-state index contributed by atoms with van der Waals surface area (Å²) in [5.74, 6) is 0.615. The lowest BCUT2D eigenvalue weighted by molar-refractivity contribution is 0.430. The van der Waals surface area contributed by atoms with Crippen molar-refractivity contribution in [1.29, 1.82) is 0 Å². The summed E-state index contributed by atoms with van der Waals surface area (Å²) in [7, 11) is 1.98. The molecule has 0 amide bonds. The van der Waals surface area contributed by atoms with Crippen molar-refractivity contribution >= 4 is 0 Å². The minimum Gasteiger partial charge on any atom is -0.316 e. The van der Waals surface area contributed by atoms with Gasteiger partial charge < -0.3 is 10.6 Å². The number of aryl methyl sites for hydroxylation is 1. The average Bonchev–Trinajstić information content (AvgIpc) is 2.82. The van der Waals surface area contributed by atoms with E-state index in [1.807, 2.05) is 26.1 Å². The third kappa shape index (κ3) is 3.05. The van der Waals surface area contributed by atoms with Crippen LogP contribution in [0.4, 0.5) is 4.39 Å². The van der Waals surface area contributed by atoms with E-state index >= 15 is 0 Å². The fourth-order valence-corrected chi connectivity index (χ4v) is 2.55. The van der Waals surface area contributed by atoms with E-state index in [9.17, 15) is 4.39 Å². The summed E-state index contributed by atoms with van der Waals surface area (Å²) in [6, 6.07) is 5.76. The molecule has 0 radical (unpaired) electrons. The Morgan fingerprint density at radius 3 is 2.94 bits per heavy atom. The van der Waals surface area contributed by atoms with E-state index in [4.69, 9.17) is 0 Å². The van der Waals surface area contributed by atoms with Crippen LogP contribution < -0.4 is 10.6 Å². The zero-order valence-electron chi connectivity index (χ0n) is 10.6. The van der Waals surface area contributed by atoms with Crippen molar-refractivity contribution in [3.63, 3.8) is 0 Å². The maximum atomic E-state index is 13.2. The highest BCUT2D eigenvalue weighted by Gasteiger charge is 2.20. The molecule has 2 N–H and O–H groups in total. The van der Waals surface area contributed by atoms with Gasteiger partial charge in [0.1, 0.15) is 5.82 Å². The monoisotopic (exact) mass is 236 g/mol. The molecule has 1 aliphatic rings. The first-order chi connectivity index (χ1) is 8.20. The highest BCUT2D eigenvalue weighted by atomic mass is 19.1. The van der Waals surface area contributed by atoms with Gasteiger partial charge in [0.05, 0.1) is 0 Å². The summed E-state index contributed by atoms with van der Waals surface area (Å²) >= 11 is 0. The van der Waals surface area contributed by atoms with E-state index in [2.05, 4.69) is 10.6 Å². The van der Waals surface area contributed by atoms with Crippen molar-refractivity contribution in [3.8, 4) is 0 Å². The summed E-state index contributed by atoms with van der Waals surface area (Å²) in [6.07, 6.45) is 2.37. The molecule has 0 bridgehead atoms. The standard InChI is InChI=1S/C14H21FN2/c1-10-7-12(3-4-13(10)15)14(16-2)8-11-5-6-17-9-11/h3-4,7,11,14,16-17H,5-6,8-9H2,1-2H3. The molecule has 0 aliphatic carbocycles. The molecule has 1 fully saturated rings. The number of benzene rings is 1. The van der Waals surface area contributed by atoms with Crippen LogP contribution in [0.1, 0.15) is 30.0 Å². The number of rotatable bonds is 4. The molecular formula is C14H21FN2. The first-order valence-corrected chi connectivity index (χ1v) is 6.34. The third-order valence-corrected chi connectivity index (χ3v) is 3.66. The van der Waals surface area contributed by atoms with Gasteiger partial charge in [-0.05, 0) is 63.0 Å². The zero-order valence-corrected chi connectivity index (χ0v) is 10.6. The molecule has 0 aromatic heterocycles. The van der Waals surface area contributed by atoms with Crippen molar-refractivity contribution < 1.29 is 4.39 Å². The summed E-state index contributed by atoms with van der Waals surface area (Å²) in [6.45, 7) is 4.06. The SMILES string of the molecule is CNC(CC1CCNC1)c1ccc(F)c(C)c1. The predicted octanol–water partition coefficient (Wildman–Crippen LogP) is 2.39. The highest BCUT2D eigenvalue weighted by Crippen LogP contribution is 2.25. The van der Waals surface area contributed by atoms with E-state index in [1.165, 1.54) is 12.0 Å². The Labute approximate surface area is 103 Å². The van der Waals surface area contributed by atoms with Crippen LogP contribution in [0.15, 0.2) is 18.2 Å². The molecule has 1 heterocycles. The summed E-state index contributed by atoms with van der Waals surface area (Å²) in [5.41, 5.74) is 1.92. The van der Waals surface area contributed by atoms with E-state index < -0.39 is 0 Å². The van der Waals surface area contributed by atoms with Gasteiger partial charge in [-0.3, -0.25) is 0 Å². The average molecular weight is 236 g/mol. The van der Waals surface area contributed by atoms with E-state index in [1.54, 1.807) is 6.07 Å². The molecule has 94 valence electrons. The second-order valence-electron chi connectivity index (χ2n) is 4.94. The largest absolute Gasteiger partial charge is 0.316 e. The zero-order chi connectivity index (χ0) is 12.3. The molecule has 17 heavy (non-hydrogen) atoms. The fraction of sp³-hybridized carbons (Fsp3) is 0.571. The van der Waals surface area contributed by atoms with E-state index in [0.717, 1.165) is 31.0 Å². The second kappa shape index (κ2) is 5.61. The van der Waals surface area contributed by atoms with Gasteiger partial charge in [-0.1, -0.05) is 12.1 Å². The Morgan fingerprint density at radius 1 is 1.53 bits per heavy atom. The molecule has 1 aromatic rings. The molecule has 1 aromatic carbocycles. The Kier molecular flexibility index (Phi) is 4.13. The van der Waals surface area contributed by atoms with Crippen LogP contribution in [0.5, 0.6) is 0 Å². The second-order valence-corrected chi connectivity index (χ2v) is 4.94. The molecule has 0 spiro atoms. The van der Waals surface area contributed by atoms with Crippen LogP contribution in [0.2, 0.25) is 0 Å². The van der Waals surface area contributed by atoms with Crippen molar-refractivity contribution in [2.45, 2.75) is 25.8 Å². The van der Waals surface area contributed by atoms with Gasteiger partial charge in [-0.15, -0.1) is 0 Å². The van der Waals surface area contributed by atoms with Crippen LogP contribution in [0, 0.1) is 18.7 Å². The lowest BCUT2D eigenvalue weighted by atomic mass is 9.93.